The van der Waals surface area contributed by atoms with Crippen molar-refractivity contribution in [3.63, 3.8) is 0 Å². The Labute approximate surface area is 236 Å². The van der Waals surface area contributed by atoms with Gasteiger partial charge in [-0.1, -0.05) is 0 Å². The van der Waals surface area contributed by atoms with Crippen LogP contribution in [-0.2, 0) is 42.1 Å². The first-order valence-electron chi connectivity index (χ1n) is 12.4. The molecule has 0 radical (unpaired) electrons. The number of hydrazine groups is 1. The molecular formula is C25H33N5O8S2. The van der Waals surface area contributed by atoms with E-state index in [4.69, 9.17) is 9.47 Å². The van der Waals surface area contributed by atoms with E-state index in [1.165, 1.54) is 68.0 Å². The van der Waals surface area contributed by atoms with Crippen molar-refractivity contribution in [3.05, 3.63) is 45.8 Å². The molecule has 0 saturated heterocycles. The zero-order valence-electron chi connectivity index (χ0n) is 22.7. The maximum Gasteiger partial charge on any atom is 0.272 e. The van der Waals surface area contributed by atoms with Gasteiger partial charge in [0.05, 0.1) is 30.2 Å². The Morgan fingerprint density at radius 3 is 2.15 bits per heavy atom. The Morgan fingerprint density at radius 1 is 0.975 bits per heavy atom. The Morgan fingerprint density at radius 2 is 1.60 bits per heavy atom. The smallest absolute Gasteiger partial charge is 0.272 e. The molecule has 0 bridgehead atoms. The number of nitrogens with zero attached hydrogens (tertiary/aromatic N) is 2. The molecule has 0 atom stereocenters. The largest absolute Gasteiger partial charge is 0.383 e. The minimum absolute atomic E-state index is 0.00235. The lowest BCUT2D eigenvalue weighted by Crippen LogP contribution is -2.41. The fourth-order valence-corrected chi connectivity index (χ4v) is 6.71. The third-order valence-corrected chi connectivity index (χ3v) is 9.20. The van der Waals surface area contributed by atoms with E-state index in [0.717, 1.165) is 4.88 Å². The third-order valence-electron chi connectivity index (χ3n) is 6.15. The van der Waals surface area contributed by atoms with Gasteiger partial charge in [0.1, 0.15) is 5.00 Å². The van der Waals surface area contributed by atoms with Crippen molar-refractivity contribution >= 4 is 50.0 Å². The number of fused-ring (bicyclic) bond motifs is 1. The molecule has 1 aliphatic heterocycles. The number of methoxy groups -OCH3 is 2. The molecule has 40 heavy (non-hydrogen) atoms. The van der Waals surface area contributed by atoms with Crippen LogP contribution in [0.15, 0.2) is 29.2 Å². The Hall–Kier alpha value is -3.37. The molecule has 218 valence electrons. The zero-order valence-corrected chi connectivity index (χ0v) is 24.4. The van der Waals surface area contributed by atoms with Gasteiger partial charge in [-0.05, 0) is 36.2 Å². The molecule has 0 spiro atoms. The number of benzene rings is 1. The van der Waals surface area contributed by atoms with Crippen LogP contribution in [0.3, 0.4) is 0 Å². The summed E-state index contributed by atoms with van der Waals surface area (Å²) in [5.41, 5.74) is 5.64. The van der Waals surface area contributed by atoms with Crippen molar-refractivity contribution in [2.75, 3.05) is 52.4 Å². The van der Waals surface area contributed by atoms with Gasteiger partial charge < -0.3 is 19.7 Å². The van der Waals surface area contributed by atoms with Crippen LogP contribution in [0, 0.1) is 0 Å². The highest BCUT2D eigenvalue weighted by atomic mass is 32.2. The van der Waals surface area contributed by atoms with E-state index in [9.17, 15) is 27.6 Å². The van der Waals surface area contributed by atoms with Crippen LogP contribution in [0.1, 0.15) is 45.0 Å². The summed E-state index contributed by atoms with van der Waals surface area (Å²) < 4.78 is 37.6. The average Bonchev–Trinajstić information content (AvgIpc) is 3.28. The molecule has 0 aliphatic carbocycles. The molecule has 1 aromatic heterocycles. The van der Waals surface area contributed by atoms with E-state index in [1.807, 2.05) is 0 Å². The molecule has 15 heteroatoms. The second-order valence-electron chi connectivity index (χ2n) is 8.90. The van der Waals surface area contributed by atoms with Gasteiger partial charge in [0.25, 0.3) is 11.8 Å². The molecule has 13 nitrogen and oxygen atoms in total. The summed E-state index contributed by atoms with van der Waals surface area (Å²) in [6.45, 7) is 4.09. The molecule has 2 heterocycles. The number of hydrogen-bond acceptors (Lipinski definition) is 9. The van der Waals surface area contributed by atoms with E-state index >= 15 is 0 Å². The first kappa shape index (κ1) is 31.2. The number of carbonyl (C=O) groups excluding carboxylic acids is 4. The second kappa shape index (κ2) is 13.8. The maximum atomic E-state index is 13.2. The van der Waals surface area contributed by atoms with Crippen molar-refractivity contribution in [2.24, 2.45) is 0 Å². The lowest BCUT2D eigenvalue weighted by atomic mass is 10.0. The van der Waals surface area contributed by atoms with Gasteiger partial charge in [-0.2, -0.15) is 4.31 Å². The molecule has 1 aliphatic rings. The minimum Gasteiger partial charge on any atom is -0.383 e. The lowest BCUT2D eigenvalue weighted by molar-refractivity contribution is -0.129. The van der Waals surface area contributed by atoms with Crippen molar-refractivity contribution in [2.45, 2.75) is 31.7 Å². The van der Waals surface area contributed by atoms with Crippen LogP contribution in [0.25, 0.3) is 0 Å². The predicted molar refractivity (Wildman–Crippen MR) is 147 cm³/mol. The Bertz CT molecular complexity index is 1350. The zero-order chi connectivity index (χ0) is 29.4. The van der Waals surface area contributed by atoms with E-state index in [-0.39, 0.29) is 53.2 Å². The average molecular weight is 596 g/mol. The number of rotatable bonds is 11. The first-order valence-corrected chi connectivity index (χ1v) is 14.6. The number of sulfonamides is 1. The van der Waals surface area contributed by atoms with Gasteiger partial charge in [0.2, 0.25) is 21.8 Å². The number of amides is 4. The fourth-order valence-electron chi connectivity index (χ4n) is 4.05. The molecule has 3 rings (SSSR count). The number of ether oxygens (including phenoxy) is 2. The number of thiophene rings is 1. The number of anilines is 1. The minimum atomic E-state index is -3.87. The molecule has 2 aromatic rings. The summed E-state index contributed by atoms with van der Waals surface area (Å²) >= 11 is 1.17. The highest BCUT2D eigenvalue weighted by Crippen LogP contribution is 2.37. The van der Waals surface area contributed by atoms with Crippen LogP contribution < -0.4 is 16.2 Å². The fraction of sp³-hybridized carbons (Fsp3) is 0.440. The van der Waals surface area contributed by atoms with Gasteiger partial charge in [-0.25, -0.2) is 8.42 Å². The second-order valence-corrected chi connectivity index (χ2v) is 11.9. The van der Waals surface area contributed by atoms with Crippen molar-refractivity contribution in [1.29, 1.82) is 0 Å². The van der Waals surface area contributed by atoms with Crippen LogP contribution in [0.2, 0.25) is 0 Å². The Balaban J connectivity index is 1.85. The van der Waals surface area contributed by atoms with Crippen molar-refractivity contribution < 1.29 is 37.1 Å². The standard InChI is InChI=1S/C25H33N5O8S2/c1-16(31)27-28-24(34)22-20-9-10-29(17(2)32)15-21(20)39-25(22)26-23(33)18-5-7-19(8-6-18)40(35,36)30(11-13-37-3)12-14-38-4/h5-8H,9-15H2,1-4H3,(H,26,33)(H,27,31)(H,28,34). The summed E-state index contributed by atoms with van der Waals surface area (Å²) in [4.78, 5) is 51.7. The highest BCUT2D eigenvalue weighted by molar-refractivity contribution is 7.89. The van der Waals surface area contributed by atoms with Gasteiger partial charge in [0.15, 0.2) is 0 Å². The van der Waals surface area contributed by atoms with Crippen molar-refractivity contribution in [3.8, 4) is 0 Å². The topological polar surface area (TPSA) is 163 Å². The van der Waals surface area contributed by atoms with Gasteiger partial charge in [0, 0.05) is 58.1 Å². The summed E-state index contributed by atoms with van der Waals surface area (Å²) in [5.74, 6) is -1.74. The monoisotopic (exact) mass is 595 g/mol. The maximum absolute atomic E-state index is 13.2. The number of hydrogen-bond donors (Lipinski definition) is 3. The molecule has 0 fully saturated rings. The lowest BCUT2D eigenvalue weighted by Gasteiger charge is -2.26. The summed E-state index contributed by atoms with van der Waals surface area (Å²) in [6, 6.07) is 5.45. The van der Waals surface area contributed by atoms with Crippen LogP contribution >= 0.6 is 11.3 Å². The van der Waals surface area contributed by atoms with Crippen LogP contribution in [-0.4, -0.2) is 88.3 Å². The third kappa shape index (κ3) is 7.42. The molecule has 3 N–H and O–H groups in total. The highest BCUT2D eigenvalue weighted by Gasteiger charge is 2.30. The first-order chi connectivity index (χ1) is 19.0. The van der Waals surface area contributed by atoms with E-state index in [1.54, 1.807) is 4.90 Å². The van der Waals surface area contributed by atoms with Gasteiger partial charge >= 0.3 is 0 Å². The summed E-state index contributed by atoms with van der Waals surface area (Å²) in [5, 5.41) is 3.00. The summed E-state index contributed by atoms with van der Waals surface area (Å²) in [6.07, 6.45) is 0.402. The normalized spacial score (nSPS) is 13.1. The SMILES string of the molecule is COCCN(CCOC)S(=O)(=O)c1ccc(C(=O)Nc2sc3c(c2C(=O)NNC(C)=O)CCN(C(C)=O)C3)cc1. The molecule has 4 amide bonds. The van der Waals surface area contributed by atoms with Crippen molar-refractivity contribution in [1.82, 2.24) is 20.1 Å². The molecule has 1 aromatic carbocycles. The Kier molecular flexibility index (Phi) is 10.8. The van der Waals surface area contributed by atoms with Crippen LogP contribution in [0.5, 0.6) is 0 Å². The molecule has 0 saturated carbocycles. The number of nitrogens with one attached hydrogen (secondary N) is 3. The van der Waals surface area contributed by atoms with E-state index in [0.29, 0.717) is 25.1 Å². The molecular weight excluding hydrogens is 562 g/mol. The van der Waals surface area contributed by atoms with Crippen LogP contribution in [0.4, 0.5) is 5.00 Å². The van der Waals surface area contributed by atoms with E-state index < -0.39 is 27.7 Å². The quantitative estimate of drug-likeness (QED) is 0.324. The van der Waals surface area contributed by atoms with Gasteiger partial charge in [-0.15, -0.1) is 11.3 Å². The molecule has 0 unspecified atom stereocenters. The van der Waals surface area contributed by atoms with E-state index in [2.05, 4.69) is 16.2 Å². The summed E-state index contributed by atoms with van der Waals surface area (Å²) in [7, 11) is -0.911. The van der Waals surface area contributed by atoms with Gasteiger partial charge in [-0.3, -0.25) is 30.0 Å². The number of carbonyl (C=O) groups is 4. The predicted octanol–water partition coefficient (Wildman–Crippen LogP) is 0.969.